The average Bonchev–Trinajstić information content (AvgIpc) is 3.64. The molecule has 3 unspecified atom stereocenters. The van der Waals surface area contributed by atoms with Crippen LogP contribution in [-0.2, 0) is 17.8 Å². The van der Waals surface area contributed by atoms with Crippen LogP contribution in [0.1, 0.15) is 60.6 Å². The SMILES string of the molecule is COc1cc(-c2ccc(C3CCc4ccc([C@H](O)[C@H](C)C(=O)O)cc4O3)cc2CN2CCC3CC32)c(F)cn1. The molecule has 5 atom stereocenters. The van der Waals surface area contributed by atoms with Gasteiger partial charge >= 0.3 is 5.97 Å². The van der Waals surface area contributed by atoms with E-state index >= 15 is 0 Å². The number of benzene rings is 2. The summed E-state index contributed by atoms with van der Waals surface area (Å²) in [4.78, 5) is 17.9. The highest BCUT2D eigenvalue weighted by molar-refractivity contribution is 5.71. The molecule has 6 rings (SSSR count). The number of halogens is 1. The number of piperidine rings is 1. The van der Waals surface area contributed by atoms with Gasteiger partial charge in [-0.3, -0.25) is 9.69 Å². The molecule has 2 aliphatic heterocycles. The number of fused-ring (bicyclic) bond motifs is 2. The van der Waals surface area contributed by atoms with Gasteiger partial charge in [-0.25, -0.2) is 9.37 Å². The fourth-order valence-corrected chi connectivity index (χ4v) is 6.08. The van der Waals surface area contributed by atoms with Crippen molar-refractivity contribution in [1.82, 2.24) is 9.88 Å². The van der Waals surface area contributed by atoms with Gasteiger partial charge in [0.2, 0.25) is 5.88 Å². The molecule has 0 amide bonds. The maximum Gasteiger partial charge on any atom is 0.309 e. The third kappa shape index (κ3) is 4.99. The zero-order chi connectivity index (χ0) is 27.3. The summed E-state index contributed by atoms with van der Waals surface area (Å²) in [7, 11) is 1.52. The molecule has 2 N–H and O–H groups in total. The van der Waals surface area contributed by atoms with Crippen molar-refractivity contribution < 1.29 is 28.9 Å². The van der Waals surface area contributed by atoms with Gasteiger partial charge in [0.15, 0.2) is 0 Å². The summed E-state index contributed by atoms with van der Waals surface area (Å²) < 4.78 is 26.7. The standard InChI is InChI=1S/C31H33FN2O5/c1-17(31(36)37)30(35)21-4-3-18-6-8-27(39-28(18)13-21)20-5-7-23(24-14-29(38-2)33-15-25(24)32)22(11-20)16-34-10-9-19-12-26(19)34/h3-5,7,11,13-15,17,19,26-27,30,35H,6,8-10,12,16H2,1-2H3,(H,36,37)/t17-,19?,26?,27?,30+/m0/s1. The predicted molar refractivity (Wildman–Crippen MR) is 143 cm³/mol. The van der Waals surface area contributed by atoms with Crippen LogP contribution in [0.4, 0.5) is 4.39 Å². The van der Waals surface area contributed by atoms with Crippen LogP contribution < -0.4 is 9.47 Å². The van der Waals surface area contributed by atoms with Crippen LogP contribution in [0.15, 0.2) is 48.7 Å². The van der Waals surface area contributed by atoms with Gasteiger partial charge < -0.3 is 19.7 Å². The largest absolute Gasteiger partial charge is 0.485 e. The zero-order valence-electron chi connectivity index (χ0n) is 22.1. The number of aliphatic hydroxyl groups excluding tert-OH is 1. The Morgan fingerprint density at radius 3 is 2.77 bits per heavy atom. The first-order valence-corrected chi connectivity index (χ1v) is 13.6. The maximum absolute atomic E-state index is 15.0. The number of carboxylic acids is 1. The van der Waals surface area contributed by atoms with Crippen molar-refractivity contribution in [3.05, 3.63) is 76.7 Å². The second-order valence-electron chi connectivity index (χ2n) is 11.0. The molecule has 0 bridgehead atoms. The van der Waals surface area contributed by atoms with Gasteiger partial charge in [-0.2, -0.15) is 0 Å². The molecule has 204 valence electrons. The summed E-state index contributed by atoms with van der Waals surface area (Å²) in [5.41, 5.74) is 4.90. The molecule has 2 aromatic carbocycles. The minimum absolute atomic E-state index is 0.210. The highest BCUT2D eigenvalue weighted by atomic mass is 19.1. The number of aliphatic carboxylic acids is 1. The lowest BCUT2D eigenvalue weighted by Crippen LogP contribution is -2.23. The van der Waals surface area contributed by atoms with Gasteiger partial charge in [-0.05, 0) is 79.0 Å². The van der Waals surface area contributed by atoms with Crippen LogP contribution in [0.2, 0.25) is 0 Å². The molecule has 1 saturated heterocycles. The Hall–Kier alpha value is -3.49. The Labute approximate surface area is 227 Å². The molecule has 3 heterocycles. The van der Waals surface area contributed by atoms with Crippen LogP contribution in [0.5, 0.6) is 11.6 Å². The molecular weight excluding hydrogens is 499 g/mol. The lowest BCUT2D eigenvalue weighted by Gasteiger charge is -2.29. The number of aromatic nitrogens is 1. The molecule has 1 aromatic heterocycles. The van der Waals surface area contributed by atoms with E-state index in [-0.39, 0.29) is 11.9 Å². The third-order valence-electron chi connectivity index (χ3n) is 8.59. The Balaban J connectivity index is 1.32. The molecule has 1 aliphatic carbocycles. The smallest absolute Gasteiger partial charge is 0.309 e. The zero-order valence-corrected chi connectivity index (χ0v) is 22.1. The molecule has 39 heavy (non-hydrogen) atoms. The van der Waals surface area contributed by atoms with Crippen LogP contribution in [-0.4, -0.2) is 45.8 Å². The Kier molecular flexibility index (Phi) is 6.77. The molecule has 0 radical (unpaired) electrons. The molecule has 3 aromatic rings. The number of aliphatic hydroxyl groups is 1. The van der Waals surface area contributed by atoms with E-state index in [1.165, 1.54) is 33.1 Å². The van der Waals surface area contributed by atoms with E-state index < -0.39 is 18.0 Å². The molecule has 0 spiro atoms. The summed E-state index contributed by atoms with van der Waals surface area (Å²) >= 11 is 0. The predicted octanol–water partition coefficient (Wildman–Crippen LogP) is 5.31. The molecule has 2 fully saturated rings. The van der Waals surface area contributed by atoms with Gasteiger partial charge in [0.05, 0.1) is 25.3 Å². The van der Waals surface area contributed by atoms with Gasteiger partial charge in [-0.15, -0.1) is 0 Å². The van der Waals surface area contributed by atoms with Crippen LogP contribution in [0.3, 0.4) is 0 Å². The lowest BCUT2D eigenvalue weighted by atomic mass is 9.91. The minimum Gasteiger partial charge on any atom is -0.485 e. The molecule has 3 aliphatic rings. The molecule has 8 heteroatoms. The number of hydrogen-bond donors (Lipinski definition) is 2. The van der Waals surface area contributed by atoms with Gasteiger partial charge in [0.1, 0.15) is 17.7 Å². The van der Waals surface area contributed by atoms with Crippen molar-refractivity contribution in [1.29, 1.82) is 0 Å². The second kappa shape index (κ2) is 10.2. The molecular formula is C31H33FN2O5. The minimum atomic E-state index is -1.12. The first kappa shape index (κ1) is 25.8. The number of carboxylic acid groups (broad SMARTS) is 1. The van der Waals surface area contributed by atoms with Crippen LogP contribution in [0, 0.1) is 17.7 Å². The number of methoxy groups -OCH3 is 1. The number of aryl methyl sites for hydroxylation is 1. The summed E-state index contributed by atoms with van der Waals surface area (Å²) in [5.74, 6) is -0.545. The van der Waals surface area contributed by atoms with E-state index in [1.54, 1.807) is 18.2 Å². The monoisotopic (exact) mass is 532 g/mol. The highest BCUT2D eigenvalue weighted by Gasteiger charge is 2.46. The number of likely N-dealkylation sites (tertiary alicyclic amines) is 1. The second-order valence-corrected chi connectivity index (χ2v) is 11.0. The van der Waals surface area contributed by atoms with E-state index in [1.807, 2.05) is 18.2 Å². The van der Waals surface area contributed by atoms with Crippen molar-refractivity contribution in [3.63, 3.8) is 0 Å². The van der Waals surface area contributed by atoms with E-state index in [0.29, 0.717) is 28.8 Å². The summed E-state index contributed by atoms with van der Waals surface area (Å²) in [5, 5.41) is 19.9. The third-order valence-corrected chi connectivity index (χ3v) is 8.59. The van der Waals surface area contributed by atoms with Crippen molar-refractivity contribution >= 4 is 5.97 Å². The van der Waals surface area contributed by atoms with Gasteiger partial charge in [-0.1, -0.05) is 30.3 Å². The van der Waals surface area contributed by atoms with Crippen LogP contribution >= 0.6 is 0 Å². The number of pyridine rings is 1. The van der Waals surface area contributed by atoms with Gasteiger partial charge in [0.25, 0.3) is 0 Å². The fraction of sp³-hybridized carbons (Fsp3) is 0.419. The first-order chi connectivity index (χ1) is 18.8. The summed E-state index contributed by atoms with van der Waals surface area (Å²) in [6, 6.07) is 13.8. The quantitative estimate of drug-likeness (QED) is 0.406. The Morgan fingerprint density at radius 2 is 2.05 bits per heavy atom. The lowest BCUT2D eigenvalue weighted by molar-refractivity contribution is -0.145. The van der Waals surface area contributed by atoms with E-state index in [2.05, 4.69) is 16.0 Å². The highest BCUT2D eigenvalue weighted by Crippen LogP contribution is 2.46. The number of carbonyl (C=O) groups is 1. The van der Waals surface area contributed by atoms with Crippen LogP contribution in [0.25, 0.3) is 11.1 Å². The number of hydrogen-bond acceptors (Lipinski definition) is 6. The normalized spacial score (nSPS) is 23.3. The maximum atomic E-state index is 15.0. The van der Waals surface area contributed by atoms with Crippen molar-refractivity contribution in [2.75, 3.05) is 13.7 Å². The van der Waals surface area contributed by atoms with E-state index in [9.17, 15) is 19.4 Å². The molecule has 1 saturated carbocycles. The molecule has 7 nitrogen and oxygen atoms in total. The van der Waals surface area contributed by atoms with Crippen molar-refractivity contribution in [3.8, 4) is 22.8 Å². The summed E-state index contributed by atoms with van der Waals surface area (Å²) in [6.45, 7) is 3.28. The first-order valence-electron chi connectivity index (χ1n) is 13.6. The number of nitrogens with zero attached hydrogens (tertiary/aromatic N) is 2. The average molecular weight is 533 g/mol. The number of ether oxygens (including phenoxy) is 2. The Morgan fingerprint density at radius 1 is 1.21 bits per heavy atom. The van der Waals surface area contributed by atoms with E-state index in [4.69, 9.17) is 9.47 Å². The fourth-order valence-electron chi connectivity index (χ4n) is 6.08. The Bertz CT molecular complexity index is 1410. The number of rotatable bonds is 8. The van der Waals surface area contributed by atoms with Crippen molar-refractivity contribution in [2.45, 2.75) is 57.4 Å². The van der Waals surface area contributed by atoms with Gasteiger partial charge in [0, 0.05) is 24.2 Å². The summed E-state index contributed by atoms with van der Waals surface area (Å²) in [6.07, 6.45) is 3.91. The van der Waals surface area contributed by atoms with Crippen molar-refractivity contribution in [2.24, 2.45) is 11.8 Å². The van der Waals surface area contributed by atoms with E-state index in [0.717, 1.165) is 54.1 Å². The topological polar surface area (TPSA) is 92.1 Å².